The Morgan fingerprint density at radius 2 is 1.75 bits per heavy atom. The van der Waals surface area contributed by atoms with Crippen LogP contribution in [0, 0.1) is 0 Å². The Balaban J connectivity index is 2.43. The molecule has 0 N–H and O–H groups in total. The van der Waals surface area contributed by atoms with E-state index in [0.29, 0.717) is 18.8 Å². The van der Waals surface area contributed by atoms with Crippen LogP contribution in [0.25, 0.3) is 0 Å². The number of nitrogens with zero attached hydrogens (tertiary/aromatic N) is 1. The normalized spacial score (nSPS) is 24.1. The molecule has 4 nitrogen and oxygen atoms in total. The van der Waals surface area contributed by atoms with Crippen LogP contribution in [-0.2, 0) is 14.6 Å². The number of rotatable bonds is 3. The fourth-order valence-electron chi connectivity index (χ4n) is 2.43. The molecule has 1 saturated heterocycles. The summed E-state index contributed by atoms with van der Waals surface area (Å²) in [5.74, 6) is -3.42. The van der Waals surface area contributed by atoms with E-state index < -0.39 is 15.6 Å². The van der Waals surface area contributed by atoms with Gasteiger partial charge < -0.3 is 9.64 Å². The molecule has 1 aromatic rings. The standard InChI is InChI=1S/C13H17F2NO3S/c1-9-7-16(8-10(2)19-9)11-5-3-4-6-12(11)20(17,18)13(14)15/h3-6,9-10,13H,7-8H2,1-2H3. The fourth-order valence-corrected chi connectivity index (χ4v) is 3.38. The van der Waals surface area contributed by atoms with Gasteiger partial charge in [0, 0.05) is 13.1 Å². The maximum atomic E-state index is 12.8. The van der Waals surface area contributed by atoms with Crippen LogP contribution in [0.15, 0.2) is 29.2 Å². The molecule has 112 valence electrons. The van der Waals surface area contributed by atoms with Gasteiger partial charge >= 0.3 is 5.76 Å². The van der Waals surface area contributed by atoms with Crippen LogP contribution < -0.4 is 4.90 Å². The summed E-state index contributed by atoms with van der Waals surface area (Å²) < 4.78 is 54.6. The van der Waals surface area contributed by atoms with E-state index in [1.54, 1.807) is 17.0 Å². The molecule has 0 radical (unpaired) electrons. The minimum absolute atomic E-state index is 0.0824. The van der Waals surface area contributed by atoms with Gasteiger partial charge in [-0.2, -0.15) is 8.78 Å². The molecular weight excluding hydrogens is 288 g/mol. The zero-order valence-electron chi connectivity index (χ0n) is 11.3. The molecule has 1 heterocycles. The number of morpholine rings is 1. The summed E-state index contributed by atoms with van der Waals surface area (Å²) in [5, 5.41) is 0. The number of anilines is 1. The highest BCUT2D eigenvalue weighted by molar-refractivity contribution is 7.91. The van der Waals surface area contributed by atoms with Crippen molar-refractivity contribution in [2.75, 3.05) is 18.0 Å². The zero-order valence-corrected chi connectivity index (χ0v) is 12.1. The lowest BCUT2D eigenvalue weighted by molar-refractivity contribution is -0.00537. The van der Waals surface area contributed by atoms with Crippen molar-refractivity contribution in [3.63, 3.8) is 0 Å². The van der Waals surface area contributed by atoms with Gasteiger partial charge in [0.15, 0.2) is 0 Å². The van der Waals surface area contributed by atoms with Gasteiger partial charge in [-0.25, -0.2) is 8.42 Å². The van der Waals surface area contributed by atoms with Crippen LogP contribution in [-0.4, -0.2) is 39.5 Å². The molecule has 0 bridgehead atoms. The van der Waals surface area contributed by atoms with Crippen molar-refractivity contribution in [2.24, 2.45) is 0 Å². The van der Waals surface area contributed by atoms with Crippen molar-refractivity contribution < 1.29 is 21.9 Å². The molecule has 2 rings (SSSR count). The van der Waals surface area contributed by atoms with E-state index in [-0.39, 0.29) is 17.1 Å². The second-order valence-electron chi connectivity index (χ2n) is 4.94. The number of halogens is 2. The summed E-state index contributed by atoms with van der Waals surface area (Å²) in [6.07, 6.45) is -0.165. The first-order valence-corrected chi connectivity index (χ1v) is 7.88. The van der Waals surface area contributed by atoms with E-state index >= 15 is 0 Å². The van der Waals surface area contributed by atoms with Crippen LogP contribution in [0.5, 0.6) is 0 Å². The van der Waals surface area contributed by atoms with Gasteiger partial charge in [-0.1, -0.05) is 12.1 Å². The number of sulfone groups is 1. The smallest absolute Gasteiger partial charge is 0.341 e. The lowest BCUT2D eigenvalue weighted by Gasteiger charge is -2.37. The van der Waals surface area contributed by atoms with Crippen molar-refractivity contribution in [2.45, 2.75) is 36.7 Å². The van der Waals surface area contributed by atoms with Crippen molar-refractivity contribution in [1.82, 2.24) is 0 Å². The first kappa shape index (κ1) is 15.2. The molecule has 7 heteroatoms. The number of para-hydroxylation sites is 1. The molecule has 2 unspecified atom stereocenters. The van der Waals surface area contributed by atoms with Gasteiger partial charge in [0.25, 0.3) is 0 Å². The van der Waals surface area contributed by atoms with Crippen LogP contribution in [0.4, 0.5) is 14.5 Å². The Morgan fingerprint density at radius 1 is 1.20 bits per heavy atom. The van der Waals surface area contributed by atoms with Crippen molar-refractivity contribution in [3.8, 4) is 0 Å². The monoisotopic (exact) mass is 305 g/mol. The number of hydrogen-bond acceptors (Lipinski definition) is 4. The van der Waals surface area contributed by atoms with E-state index in [4.69, 9.17) is 4.74 Å². The van der Waals surface area contributed by atoms with Crippen molar-refractivity contribution in [3.05, 3.63) is 24.3 Å². The third-order valence-corrected chi connectivity index (χ3v) is 4.59. The van der Waals surface area contributed by atoms with Crippen LogP contribution in [0.3, 0.4) is 0 Å². The molecular formula is C13H17F2NO3S. The zero-order chi connectivity index (χ0) is 14.9. The molecule has 0 aromatic heterocycles. The number of benzene rings is 1. The van der Waals surface area contributed by atoms with E-state index in [1.165, 1.54) is 12.1 Å². The summed E-state index contributed by atoms with van der Waals surface area (Å²) in [7, 11) is -4.61. The fraction of sp³-hybridized carbons (Fsp3) is 0.538. The molecule has 0 amide bonds. The Morgan fingerprint density at radius 3 is 2.30 bits per heavy atom. The summed E-state index contributed by atoms with van der Waals surface area (Å²) in [4.78, 5) is 1.46. The maximum Gasteiger partial charge on any atom is 0.341 e. The number of ether oxygens (including phenoxy) is 1. The highest BCUT2D eigenvalue weighted by atomic mass is 32.2. The molecule has 1 aliphatic heterocycles. The molecule has 20 heavy (non-hydrogen) atoms. The van der Waals surface area contributed by atoms with Gasteiger partial charge in [-0.15, -0.1) is 0 Å². The number of alkyl halides is 2. The Hall–Kier alpha value is -1.21. The SMILES string of the molecule is CC1CN(c2ccccc2S(=O)(=O)C(F)F)CC(C)O1. The van der Waals surface area contributed by atoms with Gasteiger partial charge in [0.2, 0.25) is 9.84 Å². The van der Waals surface area contributed by atoms with E-state index in [2.05, 4.69) is 0 Å². The topological polar surface area (TPSA) is 46.6 Å². The molecule has 0 aliphatic carbocycles. The number of hydrogen-bond donors (Lipinski definition) is 0. The molecule has 2 atom stereocenters. The molecule has 0 spiro atoms. The second kappa shape index (κ2) is 5.65. The lowest BCUT2D eigenvalue weighted by Crippen LogP contribution is -2.46. The summed E-state index contributed by atoms with van der Waals surface area (Å²) >= 11 is 0. The quantitative estimate of drug-likeness (QED) is 0.859. The van der Waals surface area contributed by atoms with Crippen LogP contribution >= 0.6 is 0 Å². The maximum absolute atomic E-state index is 12.8. The third-order valence-electron chi connectivity index (χ3n) is 3.17. The van der Waals surface area contributed by atoms with Crippen LogP contribution in [0.2, 0.25) is 0 Å². The minimum Gasteiger partial charge on any atom is -0.372 e. The third kappa shape index (κ3) is 2.93. The van der Waals surface area contributed by atoms with Gasteiger partial charge in [-0.05, 0) is 26.0 Å². The van der Waals surface area contributed by atoms with Crippen molar-refractivity contribution in [1.29, 1.82) is 0 Å². The average molecular weight is 305 g/mol. The Kier molecular flexibility index (Phi) is 4.29. The van der Waals surface area contributed by atoms with Gasteiger partial charge in [-0.3, -0.25) is 0 Å². The first-order valence-electron chi connectivity index (χ1n) is 6.34. The predicted molar refractivity (Wildman–Crippen MR) is 71.9 cm³/mol. The van der Waals surface area contributed by atoms with Crippen molar-refractivity contribution >= 4 is 15.5 Å². The van der Waals surface area contributed by atoms with E-state index in [0.717, 1.165) is 0 Å². The highest BCUT2D eigenvalue weighted by Gasteiger charge is 2.32. The van der Waals surface area contributed by atoms with E-state index in [9.17, 15) is 17.2 Å². The summed E-state index contributed by atoms with van der Waals surface area (Å²) in [5.41, 5.74) is 0.315. The van der Waals surface area contributed by atoms with Gasteiger partial charge in [0.05, 0.1) is 22.8 Å². The molecule has 1 aliphatic rings. The molecule has 0 saturated carbocycles. The predicted octanol–water partition coefficient (Wildman–Crippen LogP) is 2.30. The summed E-state index contributed by atoms with van der Waals surface area (Å²) in [6, 6.07) is 5.87. The Bertz CT molecular complexity index is 567. The summed E-state index contributed by atoms with van der Waals surface area (Å²) in [6.45, 7) is 4.68. The average Bonchev–Trinajstić information content (AvgIpc) is 2.37. The van der Waals surface area contributed by atoms with Crippen LogP contribution in [0.1, 0.15) is 13.8 Å². The Labute approximate surface area is 117 Å². The highest BCUT2D eigenvalue weighted by Crippen LogP contribution is 2.30. The molecule has 1 aromatic carbocycles. The minimum atomic E-state index is -4.61. The first-order chi connectivity index (χ1) is 9.32. The lowest BCUT2D eigenvalue weighted by atomic mass is 10.2. The van der Waals surface area contributed by atoms with Gasteiger partial charge in [0.1, 0.15) is 0 Å². The van der Waals surface area contributed by atoms with E-state index in [1.807, 2.05) is 13.8 Å². The molecule has 1 fully saturated rings. The largest absolute Gasteiger partial charge is 0.372 e. The second-order valence-corrected chi connectivity index (χ2v) is 6.82.